The number of anilines is 1. The van der Waals surface area contributed by atoms with Crippen LogP contribution in [-0.4, -0.2) is 7.05 Å². The summed E-state index contributed by atoms with van der Waals surface area (Å²) in [6.45, 7) is 0. The van der Waals surface area contributed by atoms with Crippen molar-refractivity contribution >= 4 is 21.6 Å². The van der Waals surface area contributed by atoms with Crippen molar-refractivity contribution in [3.8, 4) is 0 Å². The second-order valence-corrected chi connectivity index (χ2v) is 4.67. The maximum absolute atomic E-state index is 3.49. The molecule has 1 nitrogen and oxygen atoms in total. The van der Waals surface area contributed by atoms with Gasteiger partial charge in [0.15, 0.2) is 0 Å². The Labute approximate surface area is 105 Å². The number of hydrogen-bond acceptors (Lipinski definition) is 1. The van der Waals surface area contributed by atoms with E-state index >= 15 is 0 Å². The Morgan fingerprint density at radius 1 is 1.00 bits per heavy atom. The Balaban J connectivity index is 2.20. The van der Waals surface area contributed by atoms with Crippen molar-refractivity contribution in [3.63, 3.8) is 0 Å². The molecule has 0 aliphatic rings. The highest BCUT2D eigenvalue weighted by molar-refractivity contribution is 9.10. The molecule has 0 aliphatic heterocycles. The fourth-order valence-electron chi connectivity index (χ4n) is 1.72. The van der Waals surface area contributed by atoms with Crippen LogP contribution in [0.1, 0.15) is 11.1 Å². The summed E-state index contributed by atoms with van der Waals surface area (Å²) in [5.74, 6) is 0. The Hall–Kier alpha value is -1.28. The van der Waals surface area contributed by atoms with Crippen molar-refractivity contribution < 1.29 is 0 Å². The molecule has 2 aromatic carbocycles. The predicted molar refractivity (Wildman–Crippen MR) is 72.9 cm³/mol. The maximum Gasteiger partial charge on any atom is 0.0340 e. The van der Waals surface area contributed by atoms with Gasteiger partial charge in [-0.2, -0.15) is 0 Å². The third kappa shape index (κ3) is 2.86. The molecule has 0 heterocycles. The van der Waals surface area contributed by atoms with Gasteiger partial charge in [0.05, 0.1) is 0 Å². The largest absolute Gasteiger partial charge is 0.388 e. The Kier molecular flexibility index (Phi) is 3.62. The van der Waals surface area contributed by atoms with Gasteiger partial charge in [-0.05, 0) is 41.8 Å². The maximum atomic E-state index is 3.49. The minimum absolute atomic E-state index is 0.967. The lowest BCUT2D eigenvalue weighted by Crippen LogP contribution is -1.91. The van der Waals surface area contributed by atoms with E-state index in [1.165, 1.54) is 11.1 Å². The SMILES string of the molecule is CNc1cccc(Cc2cccc(Br)c2)c1. The fourth-order valence-corrected chi connectivity index (χ4v) is 2.17. The van der Waals surface area contributed by atoms with Crippen LogP contribution >= 0.6 is 15.9 Å². The van der Waals surface area contributed by atoms with Crippen LogP contribution in [0.25, 0.3) is 0 Å². The van der Waals surface area contributed by atoms with Crippen LogP contribution in [-0.2, 0) is 6.42 Å². The van der Waals surface area contributed by atoms with Crippen LogP contribution in [0.3, 0.4) is 0 Å². The molecule has 16 heavy (non-hydrogen) atoms. The number of hydrogen-bond donors (Lipinski definition) is 1. The molecule has 2 aromatic rings. The highest BCUT2D eigenvalue weighted by Crippen LogP contribution is 2.17. The van der Waals surface area contributed by atoms with Crippen LogP contribution in [0.2, 0.25) is 0 Å². The normalized spacial score (nSPS) is 10.1. The van der Waals surface area contributed by atoms with Crippen LogP contribution in [0.5, 0.6) is 0 Å². The van der Waals surface area contributed by atoms with Crippen LogP contribution in [0, 0.1) is 0 Å². The number of benzene rings is 2. The van der Waals surface area contributed by atoms with Gasteiger partial charge in [0.25, 0.3) is 0 Å². The fraction of sp³-hybridized carbons (Fsp3) is 0.143. The van der Waals surface area contributed by atoms with Gasteiger partial charge >= 0.3 is 0 Å². The first-order valence-electron chi connectivity index (χ1n) is 5.29. The van der Waals surface area contributed by atoms with E-state index in [9.17, 15) is 0 Å². The van der Waals surface area contributed by atoms with Gasteiger partial charge in [-0.25, -0.2) is 0 Å². The summed E-state index contributed by atoms with van der Waals surface area (Å²) in [5.41, 5.74) is 3.81. The third-order valence-corrected chi connectivity index (χ3v) is 3.01. The molecule has 0 saturated heterocycles. The molecular formula is C14H14BrN. The molecular weight excluding hydrogens is 262 g/mol. The lowest BCUT2D eigenvalue weighted by Gasteiger charge is -2.05. The summed E-state index contributed by atoms with van der Waals surface area (Å²) in [6.07, 6.45) is 0.967. The second-order valence-electron chi connectivity index (χ2n) is 3.76. The molecule has 2 rings (SSSR count). The summed E-state index contributed by atoms with van der Waals surface area (Å²) in [5, 5.41) is 3.16. The lowest BCUT2D eigenvalue weighted by molar-refractivity contribution is 1.19. The van der Waals surface area contributed by atoms with Crippen LogP contribution in [0.15, 0.2) is 53.0 Å². The highest BCUT2D eigenvalue weighted by atomic mass is 79.9. The Bertz CT molecular complexity index is 480. The third-order valence-electron chi connectivity index (χ3n) is 2.51. The summed E-state index contributed by atoms with van der Waals surface area (Å²) in [6, 6.07) is 16.9. The molecule has 0 aromatic heterocycles. The summed E-state index contributed by atoms with van der Waals surface area (Å²) in [4.78, 5) is 0. The van der Waals surface area contributed by atoms with E-state index < -0.39 is 0 Å². The second kappa shape index (κ2) is 5.17. The molecule has 0 bridgehead atoms. The van der Waals surface area contributed by atoms with Gasteiger partial charge in [0.1, 0.15) is 0 Å². The molecule has 0 unspecified atom stereocenters. The average molecular weight is 276 g/mol. The first-order valence-corrected chi connectivity index (χ1v) is 6.08. The van der Waals surface area contributed by atoms with Gasteiger partial charge in [0, 0.05) is 17.2 Å². The minimum atomic E-state index is 0.967. The zero-order chi connectivity index (χ0) is 11.4. The van der Waals surface area contributed by atoms with E-state index in [4.69, 9.17) is 0 Å². The highest BCUT2D eigenvalue weighted by Gasteiger charge is 1.98. The van der Waals surface area contributed by atoms with Crippen LogP contribution in [0.4, 0.5) is 5.69 Å². The number of halogens is 1. The van der Waals surface area contributed by atoms with E-state index in [-0.39, 0.29) is 0 Å². The van der Waals surface area contributed by atoms with E-state index in [0.717, 1.165) is 16.6 Å². The molecule has 0 aliphatic carbocycles. The van der Waals surface area contributed by atoms with Gasteiger partial charge < -0.3 is 5.32 Å². The van der Waals surface area contributed by atoms with Gasteiger partial charge in [-0.15, -0.1) is 0 Å². The summed E-state index contributed by atoms with van der Waals surface area (Å²) in [7, 11) is 1.94. The lowest BCUT2D eigenvalue weighted by atomic mass is 10.0. The molecule has 0 fully saturated rings. The van der Waals surface area contributed by atoms with E-state index in [2.05, 4.69) is 63.7 Å². The van der Waals surface area contributed by atoms with Crippen molar-refractivity contribution in [1.82, 2.24) is 0 Å². The summed E-state index contributed by atoms with van der Waals surface area (Å²) >= 11 is 3.49. The van der Waals surface area contributed by atoms with Gasteiger partial charge in [-0.1, -0.05) is 40.2 Å². The molecule has 0 spiro atoms. The molecule has 2 heteroatoms. The van der Waals surface area contributed by atoms with E-state index in [1.807, 2.05) is 13.1 Å². The van der Waals surface area contributed by atoms with Crippen molar-refractivity contribution in [1.29, 1.82) is 0 Å². The van der Waals surface area contributed by atoms with Crippen molar-refractivity contribution in [2.75, 3.05) is 12.4 Å². The zero-order valence-corrected chi connectivity index (χ0v) is 10.8. The standard InChI is InChI=1S/C14H14BrN/c1-16-14-7-3-5-12(10-14)8-11-4-2-6-13(15)9-11/h2-7,9-10,16H,8H2,1H3. The quantitative estimate of drug-likeness (QED) is 0.890. The molecule has 0 radical (unpaired) electrons. The van der Waals surface area contributed by atoms with Crippen molar-refractivity contribution in [2.45, 2.75) is 6.42 Å². The van der Waals surface area contributed by atoms with Crippen molar-refractivity contribution in [2.24, 2.45) is 0 Å². The molecule has 0 atom stereocenters. The number of nitrogens with one attached hydrogen (secondary N) is 1. The summed E-state index contributed by atoms with van der Waals surface area (Å²) < 4.78 is 1.13. The molecule has 0 saturated carbocycles. The molecule has 0 amide bonds. The Morgan fingerprint density at radius 2 is 1.69 bits per heavy atom. The van der Waals surface area contributed by atoms with Crippen LogP contribution < -0.4 is 5.32 Å². The first kappa shape index (κ1) is 11.2. The van der Waals surface area contributed by atoms with Crippen molar-refractivity contribution in [3.05, 3.63) is 64.1 Å². The Morgan fingerprint density at radius 3 is 2.38 bits per heavy atom. The monoisotopic (exact) mass is 275 g/mol. The molecule has 1 N–H and O–H groups in total. The first-order chi connectivity index (χ1) is 7.78. The predicted octanol–water partition coefficient (Wildman–Crippen LogP) is 4.08. The molecule has 82 valence electrons. The van der Waals surface area contributed by atoms with E-state index in [1.54, 1.807) is 0 Å². The van der Waals surface area contributed by atoms with E-state index in [0.29, 0.717) is 0 Å². The smallest absolute Gasteiger partial charge is 0.0340 e. The minimum Gasteiger partial charge on any atom is -0.388 e. The zero-order valence-electron chi connectivity index (χ0n) is 9.20. The topological polar surface area (TPSA) is 12.0 Å². The van der Waals surface area contributed by atoms with Gasteiger partial charge in [-0.3, -0.25) is 0 Å². The van der Waals surface area contributed by atoms with Gasteiger partial charge in [0.2, 0.25) is 0 Å². The average Bonchev–Trinajstić information content (AvgIpc) is 2.29. The number of rotatable bonds is 3.